The van der Waals surface area contributed by atoms with Gasteiger partial charge in [0.05, 0.1) is 17.7 Å². The van der Waals surface area contributed by atoms with Gasteiger partial charge in [-0.15, -0.1) is 11.8 Å². The van der Waals surface area contributed by atoms with Crippen LogP contribution in [-0.4, -0.2) is 29.9 Å². The van der Waals surface area contributed by atoms with Crippen LogP contribution in [0.15, 0.2) is 77.7 Å². The summed E-state index contributed by atoms with van der Waals surface area (Å²) in [5.74, 6) is 0.717. The number of halogens is 1. The lowest BCUT2D eigenvalue weighted by atomic mass is 10.1. The second-order valence-electron chi connectivity index (χ2n) is 6.90. The molecule has 3 aromatic rings. The summed E-state index contributed by atoms with van der Waals surface area (Å²) in [5.41, 5.74) is 1.87. The molecule has 0 saturated carbocycles. The van der Waals surface area contributed by atoms with Crippen molar-refractivity contribution in [1.82, 2.24) is 4.90 Å². The second-order valence-corrected chi connectivity index (χ2v) is 7.95. The fraction of sp³-hybridized carbons (Fsp3) is 0.167. The molecule has 0 bridgehead atoms. The summed E-state index contributed by atoms with van der Waals surface area (Å²) < 4.78 is 19.0. The van der Waals surface area contributed by atoms with Crippen molar-refractivity contribution in [3.05, 3.63) is 95.3 Å². The van der Waals surface area contributed by atoms with E-state index < -0.39 is 0 Å². The van der Waals surface area contributed by atoms with Gasteiger partial charge in [0.25, 0.3) is 11.8 Å². The number of imide groups is 1. The normalized spacial score (nSPS) is 12.9. The van der Waals surface area contributed by atoms with Gasteiger partial charge in [0.15, 0.2) is 0 Å². The Bertz CT molecular complexity index is 1030. The first-order valence-electron chi connectivity index (χ1n) is 9.67. The molecule has 2 amide bonds. The van der Waals surface area contributed by atoms with E-state index in [9.17, 15) is 14.0 Å². The molecular weight excluding hydrogens is 401 g/mol. The van der Waals surface area contributed by atoms with Gasteiger partial charge in [-0.2, -0.15) is 0 Å². The molecule has 4 nitrogen and oxygen atoms in total. The Morgan fingerprint density at radius 1 is 0.867 bits per heavy atom. The van der Waals surface area contributed by atoms with Crippen molar-refractivity contribution in [1.29, 1.82) is 0 Å². The molecule has 0 unspecified atom stereocenters. The van der Waals surface area contributed by atoms with Gasteiger partial charge < -0.3 is 4.74 Å². The smallest absolute Gasteiger partial charge is 0.261 e. The van der Waals surface area contributed by atoms with Crippen LogP contribution < -0.4 is 4.74 Å². The van der Waals surface area contributed by atoms with Crippen molar-refractivity contribution in [3.63, 3.8) is 0 Å². The minimum atomic E-state index is -0.240. The third kappa shape index (κ3) is 4.54. The molecule has 0 aliphatic carbocycles. The summed E-state index contributed by atoms with van der Waals surface area (Å²) in [4.78, 5) is 27.0. The first-order chi connectivity index (χ1) is 14.6. The molecule has 0 fully saturated rings. The largest absolute Gasteiger partial charge is 0.494 e. The van der Waals surface area contributed by atoms with E-state index in [-0.39, 0.29) is 17.6 Å². The molecule has 0 spiro atoms. The molecule has 4 rings (SSSR count). The molecule has 1 heterocycles. The third-order valence-corrected chi connectivity index (χ3v) is 5.87. The topological polar surface area (TPSA) is 46.6 Å². The highest BCUT2D eigenvalue weighted by molar-refractivity contribution is 7.98. The lowest BCUT2D eigenvalue weighted by Gasteiger charge is -2.14. The highest BCUT2D eigenvalue weighted by Gasteiger charge is 2.34. The Kier molecular flexibility index (Phi) is 6.14. The van der Waals surface area contributed by atoms with Crippen LogP contribution in [0.1, 0.15) is 32.7 Å². The average molecular weight is 421 g/mol. The molecule has 1 aliphatic rings. The molecule has 6 heteroatoms. The number of hydrogen-bond donors (Lipinski definition) is 0. The molecule has 0 aromatic heterocycles. The van der Waals surface area contributed by atoms with Crippen molar-refractivity contribution in [3.8, 4) is 5.75 Å². The van der Waals surface area contributed by atoms with Crippen LogP contribution in [0.4, 0.5) is 4.39 Å². The molecule has 0 N–H and O–H groups in total. The molecule has 0 atom stereocenters. The number of thioether (sulfide) groups is 1. The Labute approximate surface area is 178 Å². The van der Waals surface area contributed by atoms with E-state index in [4.69, 9.17) is 4.74 Å². The Hall–Kier alpha value is -3.12. The highest BCUT2D eigenvalue weighted by atomic mass is 32.2. The molecule has 3 aromatic carbocycles. The number of ether oxygens (including phenoxy) is 1. The van der Waals surface area contributed by atoms with E-state index in [1.165, 1.54) is 11.0 Å². The molecule has 152 valence electrons. The molecule has 1 aliphatic heterocycles. The number of fused-ring (bicyclic) bond motifs is 1. The van der Waals surface area contributed by atoms with Crippen LogP contribution in [0.3, 0.4) is 0 Å². The van der Waals surface area contributed by atoms with E-state index >= 15 is 0 Å². The summed E-state index contributed by atoms with van der Waals surface area (Å²) in [6.45, 7) is 0.733. The minimum Gasteiger partial charge on any atom is -0.494 e. The fourth-order valence-corrected chi connectivity index (χ4v) is 4.12. The Morgan fingerprint density at radius 3 is 2.23 bits per heavy atom. The molecule has 30 heavy (non-hydrogen) atoms. The van der Waals surface area contributed by atoms with Gasteiger partial charge in [0.1, 0.15) is 11.6 Å². The van der Waals surface area contributed by atoms with Crippen molar-refractivity contribution < 1.29 is 18.7 Å². The standard InChI is InChI=1S/C24H20FNO3S/c25-18-6-3-5-17(15-18)16-30-20-11-9-19(10-12-20)29-14-4-13-26-23(27)21-7-1-2-8-22(21)24(26)28/h1-3,5-12,15H,4,13-14,16H2. The third-order valence-electron chi connectivity index (χ3n) is 4.79. The van der Waals surface area contributed by atoms with Crippen molar-refractivity contribution in [2.45, 2.75) is 17.1 Å². The SMILES string of the molecule is O=C1c2ccccc2C(=O)N1CCCOc1ccc(SCc2cccc(F)c2)cc1. The summed E-state index contributed by atoms with van der Waals surface area (Å²) >= 11 is 1.63. The fourth-order valence-electron chi connectivity index (χ4n) is 3.28. The lowest BCUT2D eigenvalue weighted by Crippen LogP contribution is -2.31. The van der Waals surface area contributed by atoms with Crippen LogP contribution in [0.5, 0.6) is 5.75 Å². The molecule has 0 saturated heterocycles. The van der Waals surface area contributed by atoms with E-state index in [2.05, 4.69) is 0 Å². The maximum absolute atomic E-state index is 13.2. The van der Waals surface area contributed by atoms with Crippen LogP contribution >= 0.6 is 11.8 Å². The number of carbonyl (C=O) groups is 2. The van der Waals surface area contributed by atoms with Crippen molar-refractivity contribution in [2.24, 2.45) is 0 Å². The number of hydrogen-bond acceptors (Lipinski definition) is 4. The first kappa shape index (κ1) is 20.2. The zero-order valence-electron chi connectivity index (χ0n) is 16.2. The number of benzene rings is 3. The van der Waals surface area contributed by atoms with Crippen LogP contribution in [0.25, 0.3) is 0 Å². The monoisotopic (exact) mass is 421 g/mol. The molecular formula is C24H20FNO3S. The van der Waals surface area contributed by atoms with E-state index in [1.54, 1.807) is 48.2 Å². The zero-order chi connectivity index (χ0) is 20.9. The zero-order valence-corrected chi connectivity index (χ0v) is 17.0. The summed E-state index contributed by atoms with van der Waals surface area (Å²) in [6, 6.07) is 21.2. The average Bonchev–Trinajstić information content (AvgIpc) is 3.01. The summed E-state index contributed by atoms with van der Waals surface area (Å²) in [7, 11) is 0. The van der Waals surface area contributed by atoms with Crippen molar-refractivity contribution in [2.75, 3.05) is 13.2 Å². The molecule has 0 radical (unpaired) electrons. The van der Waals surface area contributed by atoms with Gasteiger partial charge >= 0.3 is 0 Å². The summed E-state index contributed by atoms with van der Waals surface area (Å²) in [5, 5.41) is 0. The van der Waals surface area contributed by atoms with Gasteiger partial charge in [-0.25, -0.2) is 4.39 Å². The Balaban J connectivity index is 1.22. The number of carbonyl (C=O) groups excluding carboxylic acids is 2. The Morgan fingerprint density at radius 2 is 1.57 bits per heavy atom. The van der Waals surface area contributed by atoms with Gasteiger partial charge in [-0.3, -0.25) is 14.5 Å². The minimum absolute atomic E-state index is 0.224. The number of rotatable bonds is 8. The predicted molar refractivity (Wildman–Crippen MR) is 114 cm³/mol. The maximum atomic E-state index is 13.2. The quantitative estimate of drug-likeness (QED) is 0.286. The second kappa shape index (κ2) is 9.13. The summed E-state index contributed by atoms with van der Waals surface area (Å²) in [6.07, 6.45) is 0.557. The number of amides is 2. The van der Waals surface area contributed by atoms with Gasteiger partial charge in [-0.05, 0) is 60.5 Å². The van der Waals surface area contributed by atoms with Gasteiger partial charge in [0.2, 0.25) is 0 Å². The predicted octanol–water partition coefficient (Wildman–Crippen LogP) is 5.18. The van der Waals surface area contributed by atoms with Crippen LogP contribution in [-0.2, 0) is 5.75 Å². The van der Waals surface area contributed by atoms with Gasteiger partial charge in [-0.1, -0.05) is 24.3 Å². The van der Waals surface area contributed by atoms with E-state index in [0.29, 0.717) is 36.5 Å². The van der Waals surface area contributed by atoms with Crippen molar-refractivity contribution >= 4 is 23.6 Å². The van der Waals surface area contributed by atoms with Crippen LogP contribution in [0.2, 0.25) is 0 Å². The first-order valence-corrected chi connectivity index (χ1v) is 10.7. The van der Waals surface area contributed by atoms with Crippen LogP contribution in [0, 0.1) is 5.82 Å². The lowest BCUT2D eigenvalue weighted by molar-refractivity contribution is 0.0646. The van der Waals surface area contributed by atoms with Gasteiger partial charge in [0, 0.05) is 17.2 Å². The number of nitrogens with zero attached hydrogens (tertiary/aromatic N) is 1. The van der Waals surface area contributed by atoms with E-state index in [1.807, 2.05) is 30.3 Å². The maximum Gasteiger partial charge on any atom is 0.261 e. The van der Waals surface area contributed by atoms with E-state index in [0.717, 1.165) is 16.2 Å². The highest BCUT2D eigenvalue weighted by Crippen LogP contribution is 2.26.